The van der Waals surface area contributed by atoms with Crippen molar-refractivity contribution in [1.82, 2.24) is 5.01 Å². The van der Waals surface area contributed by atoms with Crippen LogP contribution in [0.25, 0.3) is 0 Å². The number of hydrogen-bond acceptors (Lipinski definition) is 2. The van der Waals surface area contributed by atoms with E-state index in [1.54, 1.807) is 5.01 Å². The molecule has 0 aromatic heterocycles. The van der Waals surface area contributed by atoms with E-state index in [1.807, 2.05) is 0 Å². The first kappa shape index (κ1) is 10.4. The van der Waals surface area contributed by atoms with Crippen molar-refractivity contribution in [2.24, 2.45) is 17.1 Å². The van der Waals surface area contributed by atoms with E-state index in [2.05, 4.69) is 33.0 Å². The van der Waals surface area contributed by atoms with Gasteiger partial charge in [-0.3, -0.25) is 5.01 Å². The molecule has 0 saturated heterocycles. The average Bonchev–Trinajstić information content (AvgIpc) is 1.84. The fourth-order valence-corrected chi connectivity index (χ4v) is 0.984. The lowest BCUT2D eigenvalue weighted by Crippen LogP contribution is -2.25. The summed E-state index contributed by atoms with van der Waals surface area (Å²) in [5.74, 6) is 1.01. The normalized spacial score (nSPS) is 10.7. The second-order valence-corrected chi connectivity index (χ2v) is 3.74. The molecule has 0 heterocycles. The Labute approximate surface area is 68.7 Å². The molecule has 0 atom stereocenters. The third kappa shape index (κ3) is 5.83. The van der Waals surface area contributed by atoms with Crippen LogP contribution in [0, 0.1) is 16.7 Å². The zero-order chi connectivity index (χ0) is 8.85. The topological polar surface area (TPSA) is 32.7 Å². The molecule has 0 aliphatic rings. The van der Waals surface area contributed by atoms with Crippen LogP contribution in [0.1, 0.15) is 27.7 Å². The maximum absolute atomic E-state index is 10.3. The molecule has 0 aromatic carbocycles. The van der Waals surface area contributed by atoms with Crippen molar-refractivity contribution in [1.29, 1.82) is 0 Å². The highest BCUT2D eigenvalue weighted by atomic mass is 16.3. The number of nitrogens with zero attached hydrogens (tertiary/aromatic N) is 2. The summed E-state index contributed by atoms with van der Waals surface area (Å²) in [7, 11) is 0. The van der Waals surface area contributed by atoms with Crippen molar-refractivity contribution in [2.75, 3.05) is 13.1 Å². The second kappa shape index (κ2) is 5.10. The van der Waals surface area contributed by atoms with Gasteiger partial charge in [-0.05, 0) is 11.8 Å². The molecule has 11 heavy (non-hydrogen) atoms. The lowest BCUT2D eigenvalue weighted by atomic mass is 10.2. The SMILES string of the molecule is CC(C)CN(CC(C)C)N=O. The maximum atomic E-state index is 10.3. The highest BCUT2D eigenvalue weighted by molar-refractivity contribution is 4.56. The largest absolute Gasteiger partial charge is 0.260 e. The molecule has 0 aromatic rings. The predicted octanol–water partition coefficient (Wildman–Crippen LogP) is 2.28. The molecule has 3 nitrogen and oxygen atoms in total. The average molecular weight is 158 g/mol. The molecule has 0 amide bonds. The van der Waals surface area contributed by atoms with E-state index >= 15 is 0 Å². The highest BCUT2D eigenvalue weighted by Gasteiger charge is 2.06. The number of hydrogen-bond donors (Lipinski definition) is 0. The van der Waals surface area contributed by atoms with Crippen molar-refractivity contribution in [3.8, 4) is 0 Å². The van der Waals surface area contributed by atoms with Crippen molar-refractivity contribution in [3.63, 3.8) is 0 Å². The van der Waals surface area contributed by atoms with Crippen LogP contribution in [0.2, 0.25) is 0 Å². The summed E-state index contributed by atoms with van der Waals surface area (Å²) in [5, 5.41) is 4.54. The van der Waals surface area contributed by atoms with Crippen molar-refractivity contribution in [2.45, 2.75) is 27.7 Å². The van der Waals surface area contributed by atoms with Crippen LogP contribution in [0.5, 0.6) is 0 Å². The van der Waals surface area contributed by atoms with Crippen LogP contribution in [0.3, 0.4) is 0 Å². The summed E-state index contributed by atoms with van der Waals surface area (Å²) < 4.78 is 0. The quantitative estimate of drug-likeness (QED) is 0.454. The molecule has 0 unspecified atom stereocenters. The summed E-state index contributed by atoms with van der Waals surface area (Å²) in [4.78, 5) is 10.3. The minimum atomic E-state index is 0.506. The van der Waals surface area contributed by atoms with E-state index in [0.29, 0.717) is 11.8 Å². The molecule has 0 spiro atoms. The van der Waals surface area contributed by atoms with Gasteiger partial charge in [0.2, 0.25) is 0 Å². The van der Waals surface area contributed by atoms with Crippen molar-refractivity contribution >= 4 is 0 Å². The lowest BCUT2D eigenvalue weighted by molar-refractivity contribution is 0.226. The molecule has 3 heteroatoms. The van der Waals surface area contributed by atoms with Gasteiger partial charge in [0.1, 0.15) is 0 Å². The minimum Gasteiger partial charge on any atom is -0.260 e. The van der Waals surface area contributed by atoms with Crippen molar-refractivity contribution in [3.05, 3.63) is 4.91 Å². The standard InChI is InChI=1S/C8H18N2O/c1-7(2)5-10(9-11)6-8(3)4/h7-8H,5-6H2,1-4H3. The van der Waals surface area contributed by atoms with E-state index in [-0.39, 0.29) is 0 Å². The lowest BCUT2D eigenvalue weighted by Gasteiger charge is -2.18. The summed E-state index contributed by atoms with van der Waals surface area (Å²) in [6.07, 6.45) is 0. The molecule has 66 valence electrons. The Kier molecular flexibility index (Phi) is 4.83. The first-order chi connectivity index (χ1) is 5.06. The smallest absolute Gasteiger partial charge is 0.0524 e. The molecule has 0 radical (unpaired) electrons. The molecular weight excluding hydrogens is 140 g/mol. The van der Waals surface area contributed by atoms with Gasteiger partial charge in [0.25, 0.3) is 0 Å². The summed E-state index contributed by atoms with van der Waals surface area (Å²) in [5.41, 5.74) is 0. The maximum Gasteiger partial charge on any atom is 0.0524 e. The van der Waals surface area contributed by atoms with Crippen LogP contribution < -0.4 is 0 Å². The van der Waals surface area contributed by atoms with E-state index in [4.69, 9.17) is 0 Å². The predicted molar refractivity (Wildman–Crippen MR) is 47.0 cm³/mol. The Hall–Kier alpha value is -0.600. The third-order valence-electron chi connectivity index (χ3n) is 1.27. The zero-order valence-electron chi connectivity index (χ0n) is 7.87. The van der Waals surface area contributed by atoms with E-state index in [0.717, 1.165) is 13.1 Å². The van der Waals surface area contributed by atoms with Crippen LogP contribution in [0.4, 0.5) is 0 Å². The van der Waals surface area contributed by atoms with Gasteiger partial charge >= 0.3 is 0 Å². The van der Waals surface area contributed by atoms with Gasteiger partial charge in [0.05, 0.1) is 5.29 Å². The molecule has 0 fully saturated rings. The van der Waals surface area contributed by atoms with Gasteiger partial charge < -0.3 is 0 Å². The minimum absolute atomic E-state index is 0.506. The van der Waals surface area contributed by atoms with Crippen LogP contribution in [0.15, 0.2) is 5.29 Å². The molecule has 0 N–H and O–H groups in total. The monoisotopic (exact) mass is 158 g/mol. The van der Waals surface area contributed by atoms with E-state index < -0.39 is 0 Å². The van der Waals surface area contributed by atoms with E-state index in [1.165, 1.54) is 0 Å². The Bertz CT molecular complexity index is 103. The fraction of sp³-hybridized carbons (Fsp3) is 1.00. The van der Waals surface area contributed by atoms with Gasteiger partial charge in [0, 0.05) is 13.1 Å². The molecule has 0 bridgehead atoms. The Morgan fingerprint density at radius 2 is 1.45 bits per heavy atom. The van der Waals surface area contributed by atoms with Gasteiger partial charge in [-0.15, -0.1) is 4.91 Å². The summed E-state index contributed by atoms with van der Waals surface area (Å²) in [6.45, 7) is 9.86. The van der Waals surface area contributed by atoms with Crippen LogP contribution in [-0.4, -0.2) is 18.1 Å². The van der Waals surface area contributed by atoms with Gasteiger partial charge in [0.15, 0.2) is 0 Å². The van der Waals surface area contributed by atoms with Gasteiger partial charge in [-0.1, -0.05) is 27.7 Å². The second-order valence-electron chi connectivity index (χ2n) is 3.74. The number of nitroso groups, excluding NO2 is 1. The fourth-order valence-electron chi connectivity index (χ4n) is 0.984. The highest BCUT2D eigenvalue weighted by Crippen LogP contribution is 2.03. The van der Waals surface area contributed by atoms with Crippen LogP contribution in [-0.2, 0) is 0 Å². The van der Waals surface area contributed by atoms with Crippen LogP contribution >= 0.6 is 0 Å². The zero-order valence-corrected chi connectivity index (χ0v) is 7.87. The number of rotatable bonds is 5. The third-order valence-corrected chi connectivity index (χ3v) is 1.27. The Morgan fingerprint density at radius 1 is 1.09 bits per heavy atom. The molecule has 0 aliphatic carbocycles. The Morgan fingerprint density at radius 3 is 1.64 bits per heavy atom. The molecule has 0 saturated carbocycles. The van der Waals surface area contributed by atoms with Gasteiger partial charge in [-0.25, -0.2) is 0 Å². The summed E-state index contributed by atoms with van der Waals surface area (Å²) >= 11 is 0. The molecular formula is C8H18N2O. The van der Waals surface area contributed by atoms with Crippen molar-refractivity contribution < 1.29 is 0 Å². The summed E-state index contributed by atoms with van der Waals surface area (Å²) in [6, 6.07) is 0. The van der Waals surface area contributed by atoms with E-state index in [9.17, 15) is 4.91 Å². The first-order valence-electron chi connectivity index (χ1n) is 4.14. The molecule has 0 aliphatic heterocycles. The first-order valence-corrected chi connectivity index (χ1v) is 4.14. The van der Waals surface area contributed by atoms with Gasteiger partial charge in [-0.2, -0.15) is 0 Å². The Balaban J connectivity index is 3.67. The molecule has 0 rings (SSSR count).